The monoisotopic (exact) mass is 276 g/mol. The van der Waals surface area contributed by atoms with Crippen LogP contribution in [0.15, 0.2) is 30.3 Å². The Balaban J connectivity index is 1.73. The van der Waals surface area contributed by atoms with Crippen LogP contribution in [0.4, 0.5) is 0 Å². The van der Waals surface area contributed by atoms with Crippen molar-refractivity contribution >= 4 is 5.91 Å². The molecule has 0 saturated carbocycles. The molecule has 110 valence electrons. The molecule has 1 aromatic rings. The molecule has 1 amide bonds. The predicted octanol–water partition coefficient (Wildman–Crippen LogP) is 2.10. The van der Waals surface area contributed by atoms with E-state index < -0.39 is 0 Å². The molecule has 0 spiro atoms. The summed E-state index contributed by atoms with van der Waals surface area (Å²) in [5, 5.41) is 0. The minimum absolute atomic E-state index is 0.0729. The number of ether oxygens (including phenoxy) is 1. The zero-order valence-corrected chi connectivity index (χ0v) is 12.1. The number of carbonyl (C=O) groups is 1. The first-order chi connectivity index (χ1) is 9.66. The zero-order chi connectivity index (χ0) is 14.4. The quantitative estimate of drug-likeness (QED) is 0.865. The molecule has 1 fully saturated rings. The molecular weight excluding hydrogens is 252 g/mol. The second-order valence-electron chi connectivity index (χ2n) is 5.47. The van der Waals surface area contributed by atoms with Gasteiger partial charge in [0.25, 0.3) is 0 Å². The molecule has 1 heterocycles. The summed E-state index contributed by atoms with van der Waals surface area (Å²) >= 11 is 0. The van der Waals surface area contributed by atoms with Crippen molar-refractivity contribution in [3.63, 3.8) is 0 Å². The molecule has 2 N–H and O–H groups in total. The summed E-state index contributed by atoms with van der Waals surface area (Å²) in [6, 6.07) is 9.85. The lowest BCUT2D eigenvalue weighted by atomic mass is 10.0. The molecule has 2 unspecified atom stereocenters. The van der Waals surface area contributed by atoms with E-state index in [1.54, 1.807) is 4.90 Å². The number of nitrogens with zero attached hydrogens (tertiary/aromatic N) is 1. The van der Waals surface area contributed by atoms with E-state index in [-0.39, 0.29) is 18.1 Å². The first kappa shape index (κ1) is 15.0. The van der Waals surface area contributed by atoms with Crippen molar-refractivity contribution < 1.29 is 9.53 Å². The molecule has 0 bridgehead atoms. The number of nitrogens with two attached hydrogens (primary N) is 1. The van der Waals surface area contributed by atoms with Gasteiger partial charge in [-0.1, -0.05) is 30.3 Å². The third-order valence-corrected chi connectivity index (χ3v) is 3.82. The van der Waals surface area contributed by atoms with Gasteiger partial charge in [0.2, 0.25) is 5.91 Å². The van der Waals surface area contributed by atoms with Crippen molar-refractivity contribution in [1.29, 1.82) is 0 Å². The average Bonchev–Trinajstić information content (AvgIpc) is 2.98. The summed E-state index contributed by atoms with van der Waals surface area (Å²) in [6.45, 7) is 1.52. The molecule has 1 aliphatic rings. The van der Waals surface area contributed by atoms with Gasteiger partial charge in [-0.05, 0) is 24.8 Å². The number of carbonyl (C=O) groups excluding carboxylic acids is 1. The van der Waals surface area contributed by atoms with Crippen LogP contribution in [0.2, 0.25) is 0 Å². The Bertz CT molecular complexity index is 416. The van der Waals surface area contributed by atoms with Gasteiger partial charge in [0, 0.05) is 32.7 Å². The van der Waals surface area contributed by atoms with Gasteiger partial charge >= 0.3 is 0 Å². The lowest BCUT2D eigenvalue weighted by Crippen LogP contribution is -2.34. The van der Waals surface area contributed by atoms with Crippen molar-refractivity contribution in [3.05, 3.63) is 35.9 Å². The zero-order valence-electron chi connectivity index (χ0n) is 12.1. The Morgan fingerprint density at radius 1 is 1.45 bits per heavy atom. The smallest absolute Gasteiger partial charge is 0.222 e. The number of hydrogen-bond acceptors (Lipinski definition) is 3. The van der Waals surface area contributed by atoms with Crippen LogP contribution in [-0.2, 0) is 9.53 Å². The van der Waals surface area contributed by atoms with Gasteiger partial charge in [-0.3, -0.25) is 4.79 Å². The van der Waals surface area contributed by atoms with Gasteiger partial charge in [-0.2, -0.15) is 0 Å². The summed E-state index contributed by atoms with van der Waals surface area (Å²) in [7, 11) is 1.85. The lowest BCUT2D eigenvalue weighted by molar-refractivity contribution is -0.131. The molecule has 1 aliphatic heterocycles. The number of hydrogen-bond donors (Lipinski definition) is 1. The van der Waals surface area contributed by atoms with Gasteiger partial charge in [0.05, 0.1) is 6.10 Å². The number of likely N-dealkylation sites (N-methyl/N-ethyl adjacent to an activating group) is 1. The minimum Gasteiger partial charge on any atom is -0.376 e. The molecule has 4 heteroatoms. The Hall–Kier alpha value is -1.39. The molecule has 2 atom stereocenters. The molecule has 0 radical (unpaired) electrons. The molecule has 2 rings (SSSR count). The van der Waals surface area contributed by atoms with Gasteiger partial charge in [0.15, 0.2) is 0 Å². The second-order valence-corrected chi connectivity index (χ2v) is 5.47. The fourth-order valence-corrected chi connectivity index (χ4v) is 2.53. The van der Waals surface area contributed by atoms with E-state index >= 15 is 0 Å². The van der Waals surface area contributed by atoms with Crippen LogP contribution < -0.4 is 5.73 Å². The van der Waals surface area contributed by atoms with Crippen LogP contribution in [0.5, 0.6) is 0 Å². The van der Waals surface area contributed by atoms with Crippen molar-refractivity contribution in [2.75, 3.05) is 20.2 Å². The predicted molar refractivity (Wildman–Crippen MR) is 79.2 cm³/mol. The Morgan fingerprint density at radius 2 is 2.20 bits per heavy atom. The van der Waals surface area contributed by atoms with E-state index in [1.165, 1.54) is 0 Å². The minimum atomic E-state index is -0.0729. The average molecular weight is 276 g/mol. The number of amides is 1. The van der Waals surface area contributed by atoms with Crippen LogP contribution in [0.1, 0.15) is 37.3 Å². The summed E-state index contributed by atoms with van der Waals surface area (Å²) in [5.41, 5.74) is 7.20. The number of rotatable bonds is 6. The van der Waals surface area contributed by atoms with Crippen LogP contribution in [0.25, 0.3) is 0 Å². The molecule has 1 aromatic carbocycles. The molecule has 1 saturated heterocycles. The highest BCUT2D eigenvalue weighted by Gasteiger charge is 2.20. The van der Waals surface area contributed by atoms with Crippen molar-refractivity contribution in [2.45, 2.75) is 37.8 Å². The molecule has 0 aliphatic carbocycles. The van der Waals surface area contributed by atoms with Gasteiger partial charge < -0.3 is 15.4 Å². The van der Waals surface area contributed by atoms with Crippen LogP contribution in [-0.4, -0.2) is 37.1 Å². The van der Waals surface area contributed by atoms with Gasteiger partial charge in [-0.25, -0.2) is 0 Å². The third kappa shape index (κ3) is 4.32. The fraction of sp³-hybridized carbons (Fsp3) is 0.562. The Kier molecular flexibility index (Phi) is 5.56. The largest absolute Gasteiger partial charge is 0.376 e. The standard InChI is InChI=1S/C16H24N2O2/c1-18(12-14-8-5-11-20-14)16(19)10-9-15(17)13-6-3-2-4-7-13/h2-4,6-7,14-15H,5,8-12,17H2,1H3. The lowest BCUT2D eigenvalue weighted by Gasteiger charge is -2.21. The molecule has 0 aromatic heterocycles. The van der Waals surface area contributed by atoms with Crippen LogP contribution in [0.3, 0.4) is 0 Å². The number of benzene rings is 1. The Labute approximate surface area is 120 Å². The SMILES string of the molecule is CN(CC1CCCO1)C(=O)CCC(N)c1ccccc1. The van der Waals surface area contributed by atoms with Gasteiger partial charge in [0.1, 0.15) is 0 Å². The van der Waals surface area contributed by atoms with E-state index in [0.717, 1.165) is 25.0 Å². The van der Waals surface area contributed by atoms with E-state index in [4.69, 9.17) is 10.5 Å². The first-order valence-electron chi connectivity index (χ1n) is 7.33. The maximum absolute atomic E-state index is 12.1. The van der Waals surface area contributed by atoms with Crippen molar-refractivity contribution in [1.82, 2.24) is 4.90 Å². The van der Waals surface area contributed by atoms with E-state index in [2.05, 4.69) is 0 Å². The summed E-state index contributed by atoms with van der Waals surface area (Å²) in [6.07, 6.45) is 3.54. The Morgan fingerprint density at radius 3 is 2.85 bits per heavy atom. The summed E-state index contributed by atoms with van der Waals surface area (Å²) < 4.78 is 5.55. The van der Waals surface area contributed by atoms with Gasteiger partial charge in [-0.15, -0.1) is 0 Å². The van der Waals surface area contributed by atoms with Crippen molar-refractivity contribution in [2.24, 2.45) is 5.73 Å². The highest BCUT2D eigenvalue weighted by molar-refractivity contribution is 5.75. The summed E-state index contributed by atoms with van der Waals surface area (Å²) in [5.74, 6) is 0.145. The van der Waals surface area contributed by atoms with Crippen LogP contribution >= 0.6 is 0 Å². The van der Waals surface area contributed by atoms with Crippen molar-refractivity contribution in [3.8, 4) is 0 Å². The van der Waals surface area contributed by atoms with E-state index in [0.29, 0.717) is 19.4 Å². The fourth-order valence-electron chi connectivity index (χ4n) is 2.53. The summed E-state index contributed by atoms with van der Waals surface area (Å²) in [4.78, 5) is 13.9. The van der Waals surface area contributed by atoms with E-state index in [1.807, 2.05) is 37.4 Å². The third-order valence-electron chi connectivity index (χ3n) is 3.82. The van der Waals surface area contributed by atoms with E-state index in [9.17, 15) is 4.79 Å². The first-order valence-corrected chi connectivity index (χ1v) is 7.33. The maximum Gasteiger partial charge on any atom is 0.222 e. The highest BCUT2D eigenvalue weighted by atomic mass is 16.5. The topological polar surface area (TPSA) is 55.6 Å². The molecular formula is C16H24N2O2. The van der Waals surface area contributed by atoms with Crippen LogP contribution in [0, 0.1) is 0 Å². The maximum atomic E-state index is 12.1. The molecule has 20 heavy (non-hydrogen) atoms. The highest BCUT2D eigenvalue weighted by Crippen LogP contribution is 2.17. The second kappa shape index (κ2) is 7.41. The molecule has 4 nitrogen and oxygen atoms in total. The normalized spacial score (nSPS) is 19.8.